The van der Waals surface area contributed by atoms with Crippen LogP contribution in [0.15, 0.2) is 53.1 Å². The fourth-order valence-electron chi connectivity index (χ4n) is 3.99. The second-order valence-corrected chi connectivity index (χ2v) is 7.56. The second-order valence-electron chi connectivity index (χ2n) is 7.18. The molecule has 1 aromatic heterocycles. The van der Waals surface area contributed by atoms with E-state index in [2.05, 4.69) is 17.0 Å². The summed E-state index contributed by atoms with van der Waals surface area (Å²) in [5, 5.41) is 12.0. The van der Waals surface area contributed by atoms with Crippen molar-refractivity contribution in [3.8, 4) is 0 Å². The quantitative estimate of drug-likeness (QED) is 0.705. The molecule has 3 nitrogen and oxygen atoms in total. The smallest absolute Gasteiger partial charge is 0.143 e. The molecule has 3 aromatic rings. The van der Waals surface area contributed by atoms with Crippen molar-refractivity contribution in [2.75, 3.05) is 13.1 Å². The number of nitrogens with zero attached hydrogens (tertiary/aromatic N) is 1. The highest BCUT2D eigenvalue weighted by molar-refractivity contribution is 6.35. The standard InChI is InChI=1S/C21H21ClFNO2/c1-14-12-24(13-15-5-3-2-4-6-15)9-8-21(14,25)17-11-18(23)19(22)16-7-10-26-20(16)17/h2-7,10-11,14,25H,8-9,12-13H2,1H3. The first-order valence-corrected chi connectivity index (χ1v) is 9.21. The van der Waals surface area contributed by atoms with Gasteiger partial charge in [0.15, 0.2) is 0 Å². The molecular formula is C21H21ClFNO2. The molecule has 1 saturated heterocycles. The highest BCUT2D eigenvalue weighted by atomic mass is 35.5. The van der Waals surface area contributed by atoms with Crippen LogP contribution in [0.4, 0.5) is 4.39 Å². The van der Waals surface area contributed by atoms with E-state index in [1.165, 1.54) is 17.9 Å². The molecule has 136 valence electrons. The number of likely N-dealkylation sites (tertiary alicyclic amines) is 1. The Balaban J connectivity index is 1.62. The minimum absolute atomic E-state index is 0.0373. The average Bonchev–Trinajstić information content (AvgIpc) is 3.12. The van der Waals surface area contributed by atoms with Gasteiger partial charge in [-0.25, -0.2) is 4.39 Å². The maximum Gasteiger partial charge on any atom is 0.143 e. The first-order chi connectivity index (χ1) is 12.5. The van der Waals surface area contributed by atoms with Crippen LogP contribution in [0.1, 0.15) is 24.5 Å². The van der Waals surface area contributed by atoms with E-state index in [1.54, 1.807) is 6.07 Å². The van der Waals surface area contributed by atoms with Gasteiger partial charge in [0.2, 0.25) is 0 Å². The molecule has 4 rings (SSSR count). The molecule has 1 N–H and O–H groups in total. The van der Waals surface area contributed by atoms with Crippen LogP contribution >= 0.6 is 11.6 Å². The fraction of sp³-hybridized carbons (Fsp3) is 0.333. The van der Waals surface area contributed by atoms with E-state index in [9.17, 15) is 9.50 Å². The van der Waals surface area contributed by atoms with Crippen molar-refractivity contribution < 1.29 is 13.9 Å². The van der Waals surface area contributed by atoms with E-state index >= 15 is 0 Å². The Morgan fingerprint density at radius 2 is 2.08 bits per heavy atom. The minimum Gasteiger partial charge on any atom is -0.464 e. The number of piperidine rings is 1. The molecule has 1 aliphatic rings. The fourth-order valence-corrected chi connectivity index (χ4v) is 4.19. The molecule has 0 aliphatic carbocycles. The van der Waals surface area contributed by atoms with Gasteiger partial charge in [-0.2, -0.15) is 0 Å². The van der Waals surface area contributed by atoms with E-state index in [0.29, 0.717) is 23.0 Å². The summed E-state index contributed by atoms with van der Waals surface area (Å²) in [4.78, 5) is 2.32. The summed E-state index contributed by atoms with van der Waals surface area (Å²) in [5.74, 6) is -0.600. The normalized spacial score (nSPS) is 24.2. The summed E-state index contributed by atoms with van der Waals surface area (Å²) in [6.07, 6.45) is 2.00. The van der Waals surface area contributed by atoms with Crippen molar-refractivity contribution in [1.29, 1.82) is 0 Å². The topological polar surface area (TPSA) is 36.6 Å². The largest absolute Gasteiger partial charge is 0.464 e. The molecule has 5 heteroatoms. The van der Waals surface area contributed by atoms with Gasteiger partial charge < -0.3 is 9.52 Å². The summed E-state index contributed by atoms with van der Waals surface area (Å²) < 4.78 is 19.9. The second kappa shape index (κ2) is 6.69. The lowest BCUT2D eigenvalue weighted by Gasteiger charge is -2.43. The Kier molecular flexibility index (Phi) is 4.51. The van der Waals surface area contributed by atoms with Gasteiger partial charge >= 0.3 is 0 Å². The maximum absolute atomic E-state index is 14.3. The molecule has 1 aliphatic heterocycles. The number of rotatable bonds is 3. The number of fused-ring (bicyclic) bond motifs is 1. The molecule has 0 spiro atoms. The first kappa shape index (κ1) is 17.5. The van der Waals surface area contributed by atoms with E-state index in [-0.39, 0.29) is 10.9 Å². The predicted octanol–water partition coefficient (Wildman–Crippen LogP) is 4.95. The zero-order valence-corrected chi connectivity index (χ0v) is 15.3. The molecule has 2 atom stereocenters. The Morgan fingerprint density at radius 1 is 1.31 bits per heavy atom. The highest BCUT2D eigenvalue weighted by Crippen LogP contribution is 2.43. The van der Waals surface area contributed by atoms with Crippen molar-refractivity contribution in [2.45, 2.75) is 25.5 Å². The molecular weight excluding hydrogens is 353 g/mol. The summed E-state index contributed by atoms with van der Waals surface area (Å²) in [6, 6.07) is 13.2. The van der Waals surface area contributed by atoms with Crippen LogP contribution in [0.2, 0.25) is 5.02 Å². The Hall–Kier alpha value is -1.88. The molecule has 0 saturated carbocycles. The Labute approximate surface area is 157 Å². The lowest BCUT2D eigenvalue weighted by molar-refractivity contribution is -0.0724. The predicted molar refractivity (Wildman–Crippen MR) is 101 cm³/mol. The molecule has 0 radical (unpaired) electrons. The van der Waals surface area contributed by atoms with Crippen molar-refractivity contribution in [3.63, 3.8) is 0 Å². The van der Waals surface area contributed by atoms with Crippen molar-refractivity contribution in [3.05, 3.63) is 70.7 Å². The van der Waals surface area contributed by atoms with E-state index in [1.807, 2.05) is 25.1 Å². The third kappa shape index (κ3) is 2.92. The van der Waals surface area contributed by atoms with Crippen LogP contribution in [0, 0.1) is 11.7 Å². The highest BCUT2D eigenvalue weighted by Gasteiger charge is 2.42. The van der Waals surface area contributed by atoms with Gasteiger partial charge in [-0.1, -0.05) is 48.9 Å². The molecule has 2 heterocycles. The molecule has 0 amide bonds. The minimum atomic E-state index is -1.14. The van der Waals surface area contributed by atoms with Crippen LogP contribution in [-0.2, 0) is 12.1 Å². The number of hydrogen-bond acceptors (Lipinski definition) is 3. The van der Waals surface area contributed by atoms with Crippen LogP contribution < -0.4 is 0 Å². The number of halogens is 2. The average molecular weight is 374 g/mol. The van der Waals surface area contributed by atoms with E-state index in [0.717, 1.165) is 19.6 Å². The maximum atomic E-state index is 14.3. The lowest BCUT2D eigenvalue weighted by Crippen LogP contribution is -2.48. The summed E-state index contributed by atoms with van der Waals surface area (Å²) >= 11 is 6.05. The van der Waals surface area contributed by atoms with Gasteiger partial charge in [-0.3, -0.25) is 4.90 Å². The van der Waals surface area contributed by atoms with Gasteiger partial charge in [0.1, 0.15) is 11.4 Å². The number of furan rings is 1. The zero-order valence-electron chi connectivity index (χ0n) is 14.6. The first-order valence-electron chi connectivity index (χ1n) is 8.83. The van der Waals surface area contributed by atoms with Crippen molar-refractivity contribution >= 4 is 22.6 Å². The SMILES string of the molecule is CC1CN(Cc2ccccc2)CCC1(O)c1cc(F)c(Cl)c2ccoc12. The Morgan fingerprint density at radius 3 is 2.81 bits per heavy atom. The third-order valence-electron chi connectivity index (χ3n) is 5.50. The van der Waals surface area contributed by atoms with E-state index < -0.39 is 11.4 Å². The molecule has 2 unspecified atom stereocenters. The van der Waals surface area contributed by atoms with Crippen LogP contribution in [0.5, 0.6) is 0 Å². The molecule has 1 fully saturated rings. The summed E-state index contributed by atoms with van der Waals surface area (Å²) in [7, 11) is 0. The number of aliphatic hydroxyl groups is 1. The third-order valence-corrected chi connectivity index (χ3v) is 5.88. The van der Waals surface area contributed by atoms with Gasteiger partial charge in [-0.15, -0.1) is 0 Å². The number of benzene rings is 2. The van der Waals surface area contributed by atoms with Gasteiger partial charge in [-0.05, 0) is 24.1 Å². The Bertz CT molecular complexity index is 926. The monoisotopic (exact) mass is 373 g/mol. The zero-order chi connectivity index (χ0) is 18.3. The van der Waals surface area contributed by atoms with Crippen LogP contribution in [-0.4, -0.2) is 23.1 Å². The van der Waals surface area contributed by atoms with Crippen molar-refractivity contribution in [1.82, 2.24) is 4.90 Å². The van der Waals surface area contributed by atoms with Gasteiger partial charge in [0.05, 0.1) is 16.9 Å². The number of hydrogen-bond donors (Lipinski definition) is 1. The summed E-state index contributed by atoms with van der Waals surface area (Å²) in [6.45, 7) is 4.28. The molecule has 26 heavy (non-hydrogen) atoms. The van der Waals surface area contributed by atoms with Gasteiger partial charge in [0, 0.05) is 36.5 Å². The van der Waals surface area contributed by atoms with E-state index in [4.69, 9.17) is 16.0 Å². The lowest BCUT2D eigenvalue weighted by atomic mass is 9.76. The van der Waals surface area contributed by atoms with Crippen molar-refractivity contribution in [2.24, 2.45) is 5.92 Å². The van der Waals surface area contributed by atoms with Crippen LogP contribution in [0.25, 0.3) is 11.0 Å². The summed E-state index contributed by atoms with van der Waals surface area (Å²) in [5.41, 5.74) is 1.07. The van der Waals surface area contributed by atoms with Crippen LogP contribution in [0.3, 0.4) is 0 Å². The molecule has 0 bridgehead atoms. The van der Waals surface area contributed by atoms with Gasteiger partial charge in [0.25, 0.3) is 0 Å². The molecule has 2 aromatic carbocycles.